The second-order valence-electron chi connectivity index (χ2n) is 6.81. The van der Waals surface area contributed by atoms with E-state index in [9.17, 15) is 22.8 Å². The molecular formula is C24H24F3NO5. The third-order valence-electron chi connectivity index (χ3n) is 4.14. The number of benzene rings is 2. The number of carbonyl (C=O) groups excluding carboxylic acids is 2. The van der Waals surface area contributed by atoms with Crippen molar-refractivity contribution in [2.24, 2.45) is 0 Å². The summed E-state index contributed by atoms with van der Waals surface area (Å²) in [5.74, 6) is 5.17. The summed E-state index contributed by atoms with van der Waals surface area (Å²) in [7, 11) is 0. The highest BCUT2D eigenvalue weighted by Gasteiger charge is 2.30. The van der Waals surface area contributed by atoms with E-state index in [0.717, 1.165) is 5.56 Å². The van der Waals surface area contributed by atoms with Crippen molar-refractivity contribution in [3.63, 3.8) is 0 Å². The summed E-state index contributed by atoms with van der Waals surface area (Å²) in [6.45, 7) is 3.93. The molecule has 0 aliphatic heterocycles. The summed E-state index contributed by atoms with van der Waals surface area (Å²) in [4.78, 5) is 23.6. The standard InChI is InChI=1S/C24H24F3NO5/c1-3-31-23(30)17(2)32-20-12-10-19(11-13-20)16-28-22(29)7-5-4-6-18-8-14-21(15-9-18)33-24(25,26)27/h8-15,17H,3,5,7,16H2,1-2H3,(H,28,29). The van der Waals surface area contributed by atoms with Crippen LogP contribution in [0.3, 0.4) is 0 Å². The van der Waals surface area contributed by atoms with E-state index in [1.165, 1.54) is 24.3 Å². The van der Waals surface area contributed by atoms with E-state index in [0.29, 0.717) is 24.3 Å². The van der Waals surface area contributed by atoms with Crippen LogP contribution in [-0.2, 0) is 20.9 Å². The average Bonchev–Trinajstić information content (AvgIpc) is 2.76. The Morgan fingerprint density at radius 1 is 1.03 bits per heavy atom. The van der Waals surface area contributed by atoms with Crippen LogP contribution in [0, 0.1) is 11.8 Å². The molecule has 0 saturated heterocycles. The van der Waals surface area contributed by atoms with Crippen molar-refractivity contribution < 1.29 is 37.0 Å². The van der Waals surface area contributed by atoms with Gasteiger partial charge in [-0.15, -0.1) is 13.2 Å². The second-order valence-corrected chi connectivity index (χ2v) is 6.81. The zero-order chi connectivity index (χ0) is 24.3. The van der Waals surface area contributed by atoms with Gasteiger partial charge in [-0.1, -0.05) is 24.0 Å². The fourth-order valence-corrected chi connectivity index (χ4v) is 2.57. The van der Waals surface area contributed by atoms with Gasteiger partial charge < -0.3 is 19.5 Å². The minimum atomic E-state index is -4.74. The summed E-state index contributed by atoms with van der Waals surface area (Å²) in [5.41, 5.74) is 1.37. The van der Waals surface area contributed by atoms with Gasteiger partial charge in [-0.25, -0.2) is 4.79 Å². The van der Waals surface area contributed by atoms with Gasteiger partial charge in [-0.05, 0) is 55.8 Å². The molecule has 0 spiro atoms. The van der Waals surface area contributed by atoms with Crippen LogP contribution in [0.15, 0.2) is 48.5 Å². The summed E-state index contributed by atoms with van der Waals surface area (Å²) < 4.78 is 50.6. The van der Waals surface area contributed by atoms with Crippen LogP contribution in [0.1, 0.15) is 37.8 Å². The third-order valence-corrected chi connectivity index (χ3v) is 4.14. The Balaban J connectivity index is 1.72. The normalized spacial score (nSPS) is 11.5. The lowest BCUT2D eigenvalue weighted by Crippen LogP contribution is -2.26. The zero-order valence-corrected chi connectivity index (χ0v) is 18.2. The van der Waals surface area contributed by atoms with E-state index in [1.807, 2.05) is 0 Å². The Labute approximate surface area is 190 Å². The molecule has 33 heavy (non-hydrogen) atoms. The monoisotopic (exact) mass is 463 g/mol. The fraction of sp³-hybridized carbons (Fsp3) is 0.333. The van der Waals surface area contributed by atoms with Crippen LogP contribution in [0.2, 0.25) is 0 Å². The molecule has 2 aromatic rings. The summed E-state index contributed by atoms with van der Waals surface area (Å²) in [6.07, 6.45) is -4.98. The van der Waals surface area contributed by atoms with Gasteiger partial charge in [-0.3, -0.25) is 4.79 Å². The van der Waals surface area contributed by atoms with Gasteiger partial charge in [0.05, 0.1) is 6.61 Å². The van der Waals surface area contributed by atoms with Crippen molar-refractivity contribution in [3.05, 3.63) is 59.7 Å². The van der Waals surface area contributed by atoms with Crippen molar-refractivity contribution in [1.82, 2.24) is 5.32 Å². The van der Waals surface area contributed by atoms with Gasteiger partial charge in [0.15, 0.2) is 6.10 Å². The Kier molecular flexibility index (Phi) is 9.61. The van der Waals surface area contributed by atoms with E-state index in [2.05, 4.69) is 21.9 Å². The number of hydrogen-bond donors (Lipinski definition) is 1. The molecule has 0 fully saturated rings. The molecule has 0 bridgehead atoms. The molecule has 9 heteroatoms. The number of alkyl halides is 3. The lowest BCUT2D eigenvalue weighted by molar-refractivity contribution is -0.274. The maximum absolute atomic E-state index is 12.1. The minimum Gasteiger partial charge on any atom is -0.479 e. The van der Waals surface area contributed by atoms with Gasteiger partial charge in [0.2, 0.25) is 5.91 Å². The van der Waals surface area contributed by atoms with Crippen LogP contribution in [0.4, 0.5) is 13.2 Å². The highest BCUT2D eigenvalue weighted by Crippen LogP contribution is 2.22. The molecule has 0 saturated carbocycles. The topological polar surface area (TPSA) is 73.9 Å². The Morgan fingerprint density at radius 3 is 2.27 bits per heavy atom. The lowest BCUT2D eigenvalue weighted by Gasteiger charge is -2.13. The highest BCUT2D eigenvalue weighted by atomic mass is 19.4. The zero-order valence-electron chi connectivity index (χ0n) is 18.2. The van der Waals surface area contributed by atoms with Crippen molar-refractivity contribution in [2.45, 2.75) is 45.7 Å². The largest absolute Gasteiger partial charge is 0.573 e. The van der Waals surface area contributed by atoms with Crippen molar-refractivity contribution >= 4 is 11.9 Å². The summed E-state index contributed by atoms with van der Waals surface area (Å²) in [5, 5.41) is 2.78. The van der Waals surface area contributed by atoms with E-state index in [-0.39, 0.29) is 24.7 Å². The number of carbonyl (C=O) groups is 2. The SMILES string of the molecule is CCOC(=O)C(C)Oc1ccc(CNC(=O)CCC#Cc2ccc(OC(F)(F)F)cc2)cc1. The Morgan fingerprint density at radius 2 is 1.67 bits per heavy atom. The number of halogens is 3. The molecule has 176 valence electrons. The van der Waals surface area contributed by atoms with E-state index >= 15 is 0 Å². The van der Waals surface area contributed by atoms with Crippen molar-refractivity contribution in [1.29, 1.82) is 0 Å². The van der Waals surface area contributed by atoms with Crippen LogP contribution >= 0.6 is 0 Å². The number of hydrogen-bond acceptors (Lipinski definition) is 5. The lowest BCUT2D eigenvalue weighted by atomic mass is 10.2. The highest BCUT2D eigenvalue weighted by molar-refractivity contribution is 5.76. The molecule has 0 heterocycles. The Bertz CT molecular complexity index is 976. The molecule has 6 nitrogen and oxygen atoms in total. The minimum absolute atomic E-state index is 0.181. The molecule has 1 N–H and O–H groups in total. The second kappa shape index (κ2) is 12.4. The summed E-state index contributed by atoms with van der Waals surface area (Å²) in [6, 6.07) is 12.1. The van der Waals surface area contributed by atoms with Gasteiger partial charge in [-0.2, -0.15) is 0 Å². The maximum atomic E-state index is 12.1. The number of rotatable bonds is 9. The van der Waals surface area contributed by atoms with E-state index < -0.39 is 18.4 Å². The average molecular weight is 463 g/mol. The fourth-order valence-electron chi connectivity index (χ4n) is 2.57. The molecule has 0 radical (unpaired) electrons. The smallest absolute Gasteiger partial charge is 0.479 e. The molecule has 0 aliphatic carbocycles. The first kappa shape index (κ1) is 25.6. The van der Waals surface area contributed by atoms with Crippen LogP contribution in [0.25, 0.3) is 0 Å². The number of ether oxygens (including phenoxy) is 3. The van der Waals surface area contributed by atoms with E-state index in [1.54, 1.807) is 38.1 Å². The molecular weight excluding hydrogens is 439 g/mol. The first-order valence-electron chi connectivity index (χ1n) is 10.2. The summed E-state index contributed by atoms with van der Waals surface area (Å²) >= 11 is 0. The molecule has 2 rings (SSSR count). The first-order valence-corrected chi connectivity index (χ1v) is 10.2. The maximum Gasteiger partial charge on any atom is 0.573 e. The van der Waals surface area contributed by atoms with Gasteiger partial charge >= 0.3 is 12.3 Å². The van der Waals surface area contributed by atoms with Crippen molar-refractivity contribution in [3.8, 4) is 23.3 Å². The number of nitrogens with one attached hydrogen (secondary N) is 1. The molecule has 2 aromatic carbocycles. The van der Waals surface area contributed by atoms with Crippen molar-refractivity contribution in [2.75, 3.05) is 6.61 Å². The van der Waals surface area contributed by atoms with Crippen LogP contribution in [0.5, 0.6) is 11.5 Å². The number of esters is 1. The molecule has 0 aromatic heterocycles. The van der Waals surface area contributed by atoms with Crippen LogP contribution in [-0.4, -0.2) is 30.9 Å². The predicted octanol–water partition coefficient (Wildman–Crippen LogP) is 4.36. The number of amides is 1. The molecule has 1 amide bonds. The first-order chi connectivity index (χ1) is 15.7. The molecule has 0 aliphatic rings. The quantitative estimate of drug-likeness (QED) is 0.442. The molecule has 1 atom stereocenters. The predicted molar refractivity (Wildman–Crippen MR) is 114 cm³/mol. The Hall–Kier alpha value is -3.67. The third kappa shape index (κ3) is 9.99. The van der Waals surface area contributed by atoms with Gasteiger partial charge in [0, 0.05) is 24.9 Å². The molecule has 1 unspecified atom stereocenters. The van der Waals surface area contributed by atoms with Gasteiger partial charge in [0.1, 0.15) is 11.5 Å². The van der Waals surface area contributed by atoms with Crippen LogP contribution < -0.4 is 14.8 Å². The van der Waals surface area contributed by atoms with E-state index in [4.69, 9.17) is 9.47 Å². The van der Waals surface area contributed by atoms with Gasteiger partial charge in [0.25, 0.3) is 0 Å².